The van der Waals surface area contributed by atoms with E-state index in [2.05, 4.69) is 42.5 Å². The summed E-state index contributed by atoms with van der Waals surface area (Å²) in [5.74, 6) is -0.476. The Labute approximate surface area is 129 Å². The van der Waals surface area contributed by atoms with Crippen molar-refractivity contribution in [2.24, 2.45) is 0 Å². The minimum Gasteiger partial charge on any atom is -0.337 e. The maximum atomic E-state index is 6.38. The Morgan fingerprint density at radius 3 is 2.63 bits per heavy atom. The van der Waals surface area contributed by atoms with E-state index in [9.17, 15) is 0 Å². The first-order valence-electron chi connectivity index (χ1n) is 7.42. The number of rotatable bonds is 1. The number of allylic oxidation sites excluding steroid dienone is 1. The molecule has 2 fully saturated rings. The largest absolute Gasteiger partial charge is 0.337 e. The molecule has 0 aromatic rings. The fourth-order valence-electron chi connectivity index (χ4n) is 3.28. The van der Waals surface area contributed by atoms with Crippen LogP contribution in [0.5, 0.6) is 0 Å². The highest BCUT2D eigenvalue weighted by molar-refractivity contribution is 14.1. The molecule has 0 radical (unpaired) electrons. The van der Waals surface area contributed by atoms with Gasteiger partial charge in [0.15, 0.2) is 0 Å². The Kier molecular flexibility index (Phi) is 3.97. The molecule has 3 unspecified atom stereocenters. The summed E-state index contributed by atoms with van der Waals surface area (Å²) in [7, 11) is 0. The van der Waals surface area contributed by atoms with Gasteiger partial charge in [0.2, 0.25) is 5.79 Å². The molecule has 2 aliphatic carbocycles. The Hall–Kier alpha value is 0.350. The van der Waals surface area contributed by atoms with Crippen molar-refractivity contribution in [3.8, 4) is 0 Å². The van der Waals surface area contributed by atoms with E-state index < -0.39 is 5.79 Å². The van der Waals surface area contributed by atoms with Crippen LogP contribution in [0.1, 0.15) is 58.8 Å². The van der Waals surface area contributed by atoms with Gasteiger partial charge >= 0.3 is 0 Å². The molecule has 0 amide bonds. The second-order valence-corrected chi connectivity index (χ2v) is 8.22. The maximum Gasteiger partial charge on any atom is 0.202 e. The topological polar surface area (TPSA) is 27.7 Å². The highest BCUT2D eigenvalue weighted by atomic mass is 127. The van der Waals surface area contributed by atoms with Gasteiger partial charge in [0.1, 0.15) is 11.7 Å². The molecule has 3 rings (SSSR count). The van der Waals surface area contributed by atoms with Crippen molar-refractivity contribution in [1.29, 1.82) is 0 Å². The van der Waals surface area contributed by atoms with Crippen molar-refractivity contribution < 1.29 is 14.5 Å². The molecule has 0 aromatic heterocycles. The Morgan fingerprint density at radius 1 is 1.21 bits per heavy atom. The average molecular weight is 378 g/mol. The van der Waals surface area contributed by atoms with Crippen LogP contribution < -0.4 is 0 Å². The first-order valence-corrected chi connectivity index (χ1v) is 8.67. The minimum absolute atomic E-state index is 0.0420. The molecule has 0 N–H and O–H groups in total. The van der Waals surface area contributed by atoms with Gasteiger partial charge in [0.05, 0.1) is 0 Å². The summed E-state index contributed by atoms with van der Waals surface area (Å²) in [6.07, 6.45) is 9.94. The summed E-state index contributed by atoms with van der Waals surface area (Å²) in [6.45, 7) is 4.35. The van der Waals surface area contributed by atoms with Gasteiger partial charge in [-0.05, 0) is 39.5 Å². The van der Waals surface area contributed by atoms with Crippen LogP contribution in [0, 0.1) is 0 Å². The lowest BCUT2D eigenvalue weighted by Gasteiger charge is -2.50. The molecular weight excluding hydrogens is 355 g/mol. The monoisotopic (exact) mass is 378 g/mol. The lowest BCUT2D eigenvalue weighted by atomic mass is 9.82. The maximum absolute atomic E-state index is 6.38. The molecule has 0 aromatic carbocycles. The zero-order chi connectivity index (χ0) is 13.5. The van der Waals surface area contributed by atoms with E-state index in [1.165, 1.54) is 24.8 Å². The van der Waals surface area contributed by atoms with Crippen LogP contribution >= 0.6 is 22.6 Å². The summed E-state index contributed by atoms with van der Waals surface area (Å²) in [5.41, 5.74) is 1.18. The zero-order valence-electron chi connectivity index (χ0n) is 11.8. The van der Waals surface area contributed by atoms with Crippen molar-refractivity contribution in [1.82, 2.24) is 0 Å². The van der Waals surface area contributed by atoms with Gasteiger partial charge in [-0.3, -0.25) is 0 Å². The van der Waals surface area contributed by atoms with E-state index >= 15 is 0 Å². The van der Waals surface area contributed by atoms with Crippen molar-refractivity contribution in [2.45, 2.75) is 80.2 Å². The number of hydrogen-bond acceptors (Lipinski definition) is 3. The second-order valence-electron chi connectivity index (χ2n) is 6.35. The lowest BCUT2D eigenvalue weighted by molar-refractivity contribution is -0.526. The van der Waals surface area contributed by atoms with E-state index in [-0.39, 0.29) is 11.7 Å². The van der Waals surface area contributed by atoms with E-state index in [1.54, 1.807) is 0 Å². The molecule has 4 heteroatoms. The molecule has 1 aliphatic heterocycles. The molecular formula is C15H23IO3. The Morgan fingerprint density at radius 2 is 1.95 bits per heavy atom. The van der Waals surface area contributed by atoms with Crippen LogP contribution in [-0.2, 0) is 14.5 Å². The van der Waals surface area contributed by atoms with Gasteiger partial charge in [-0.25, -0.2) is 9.78 Å². The molecule has 0 bridgehead atoms. The summed E-state index contributed by atoms with van der Waals surface area (Å²) in [4.78, 5) is 11.5. The van der Waals surface area contributed by atoms with Crippen molar-refractivity contribution in [3.05, 3.63) is 11.6 Å². The molecule has 1 heterocycles. The van der Waals surface area contributed by atoms with Crippen molar-refractivity contribution >= 4 is 22.6 Å². The minimum atomic E-state index is -0.476. The molecule has 3 atom stereocenters. The van der Waals surface area contributed by atoms with Gasteiger partial charge < -0.3 is 4.74 Å². The van der Waals surface area contributed by atoms with E-state index in [4.69, 9.17) is 14.5 Å². The predicted octanol–water partition coefficient (Wildman–Crippen LogP) is 4.30. The second kappa shape index (κ2) is 5.28. The number of halogens is 1. The van der Waals surface area contributed by atoms with Gasteiger partial charge in [-0.15, -0.1) is 0 Å². The summed E-state index contributed by atoms with van der Waals surface area (Å²) in [6, 6.07) is 0. The molecule has 3 aliphatic rings. The quantitative estimate of drug-likeness (QED) is 0.295. The smallest absolute Gasteiger partial charge is 0.202 e. The standard InChI is InChI=1S/C15H23IO3/c1-11(16)12-6-9-14(2)13(10-12)17-15(19-18-14)7-4-3-5-8-15/h10-11,13H,3-9H2,1-2H3. The van der Waals surface area contributed by atoms with Crippen LogP contribution in [0.4, 0.5) is 0 Å². The molecule has 19 heavy (non-hydrogen) atoms. The fraction of sp³-hybridized carbons (Fsp3) is 0.867. The van der Waals surface area contributed by atoms with E-state index in [0.29, 0.717) is 3.92 Å². The van der Waals surface area contributed by atoms with Crippen molar-refractivity contribution in [2.75, 3.05) is 0 Å². The third-order valence-corrected chi connectivity index (χ3v) is 5.53. The number of fused-ring (bicyclic) bond motifs is 1. The summed E-state index contributed by atoms with van der Waals surface area (Å²) >= 11 is 2.48. The van der Waals surface area contributed by atoms with Gasteiger partial charge in [0, 0.05) is 16.8 Å². The van der Waals surface area contributed by atoms with Crippen LogP contribution in [0.15, 0.2) is 11.6 Å². The fourth-order valence-corrected chi connectivity index (χ4v) is 3.80. The molecule has 108 valence electrons. The van der Waals surface area contributed by atoms with Crippen LogP contribution in [0.25, 0.3) is 0 Å². The van der Waals surface area contributed by atoms with Crippen LogP contribution in [0.2, 0.25) is 0 Å². The summed E-state index contributed by atoms with van der Waals surface area (Å²) in [5, 5.41) is 0. The Balaban J connectivity index is 1.81. The number of hydrogen-bond donors (Lipinski definition) is 0. The van der Waals surface area contributed by atoms with Crippen LogP contribution in [-0.4, -0.2) is 21.4 Å². The highest BCUT2D eigenvalue weighted by Gasteiger charge is 2.51. The third-order valence-electron chi connectivity index (χ3n) is 4.73. The van der Waals surface area contributed by atoms with E-state index in [1.807, 2.05) is 0 Å². The predicted molar refractivity (Wildman–Crippen MR) is 82.1 cm³/mol. The SMILES string of the molecule is CC(I)C1=CC2OC3(CCCCC3)OOC2(C)CC1. The van der Waals surface area contributed by atoms with Gasteiger partial charge in [0.25, 0.3) is 0 Å². The molecule has 1 spiro atoms. The normalized spacial score (nSPS) is 39.5. The zero-order valence-corrected chi connectivity index (χ0v) is 13.9. The molecule has 1 saturated carbocycles. The third kappa shape index (κ3) is 2.74. The van der Waals surface area contributed by atoms with Crippen molar-refractivity contribution in [3.63, 3.8) is 0 Å². The summed E-state index contributed by atoms with van der Waals surface area (Å²) < 4.78 is 6.94. The van der Waals surface area contributed by atoms with Gasteiger partial charge in [-0.1, -0.05) is 40.7 Å². The first-order chi connectivity index (χ1) is 9.03. The molecule has 3 nitrogen and oxygen atoms in total. The molecule has 1 saturated heterocycles. The van der Waals surface area contributed by atoms with E-state index in [0.717, 1.165) is 25.7 Å². The average Bonchev–Trinajstić information content (AvgIpc) is 2.40. The van der Waals surface area contributed by atoms with Crippen LogP contribution in [0.3, 0.4) is 0 Å². The highest BCUT2D eigenvalue weighted by Crippen LogP contribution is 2.45. The first kappa shape index (κ1) is 14.3. The number of alkyl halides is 1. The Bertz CT molecular complexity index is 374. The lowest BCUT2D eigenvalue weighted by Crippen LogP contribution is -2.57. The van der Waals surface area contributed by atoms with Gasteiger partial charge in [-0.2, -0.15) is 0 Å². The number of ether oxygens (including phenoxy) is 1.